The van der Waals surface area contributed by atoms with Crippen molar-refractivity contribution in [2.45, 2.75) is 38.7 Å². The minimum Gasteiger partial charge on any atom is -0.489 e. The van der Waals surface area contributed by atoms with E-state index in [2.05, 4.69) is 6.92 Å². The third kappa shape index (κ3) is 3.22. The third-order valence-corrected chi connectivity index (χ3v) is 3.48. The summed E-state index contributed by atoms with van der Waals surface area (Å²) in [6.45, 7) is 2.19. The fraction of sp³-hybridized carbons (Fsp3) is 0.500. The lowest BCUT2D eigenvalue weighted by Crippen LogP contribution is -2.24. The molecule has 1 fully saturated rings. The molecule has 5 nitrogen and oxygen atoms in total. The van der Waals surface area contributed by atoms with E-state index in [-0.39, 0.29) is 17.4 Å². The third-order valence-electron chi connectivity index (χ3n) is 3.48. The Labute approximate surface area is 112 Å². The lowest BCUT2D eigenvalue weighted by Gasteiger charge is -2.27. The van der Waals surface area contributed by atoms with Crippen LogP contribution in [-0.2, 0) is 0 Å². The van der Waals surface area contributed by atoms with Crippen LogP contribution < -0.4 is 4.74 Å². The van der Waals surface area contributed by atoms with E-state index in [0.29, 0.717) is 11.7 Å². The Hall–Kier alpha value is -2.09. The Morgan fingerprint density at radius 3 is 2.89 bits per heavy atom. The molecule has 0 radical (unpaired) electrons. The average molecular weight is 260 g/mol. The summed E-state index contributed by atoms with van der Waals surface area (Å²) in [5, 5.41) is 19.7. The minimum atomic E-state index is -0.507. The van der Waals surface area contributed by atoms with Gasteiger partial charge >= 0.3 is 0 Å². The van der Waals surface area contributed by atoms with Crippen molar-refractivity contribution in [1.82, 2.24) is 0 Å². The maximum Gasteiger partial charge on any atom is 0.271 e. The molecule has 19 heavy (non-hydrogen) atoms. The molecule has 0 N–H and O–H groups in total. The molecule has 1 aliphatic carbocycles. The van der Waals surface area contributed by atoms with Gasteiger partial charge in [0.05, 0.1) is 11.0 Å². The molecule has 1 aliphatic rings. The van der Waals surface area contributed by atoms with Crippen LogP contribution in [0.4, 0.5) is 5.69 Å². The van der Waals surface area contributed by atoms with Gasteiger partial charge in [0.15, 0.2) is 0 Å². The van der Waals surface area contributed by atoms with Gasteiger partial charge in [0.25, 0.3) is 5.69 Å². The van der Waals surface area contributed by atoms with Crippen LogP contribution in [0.1, 0.15) is 38.2 Å². The Morgan fingerprint density at radius 2 is 2.26 bits per heavy atom. The molecule has 0 amide bonds. The summed E-state index contributed by atoms with van der Waals surface area (Å²) in [7, 11) is 0. The molecule has 1 saturated carbocycles. The molecule has 2 rings (SSSR count). The van der Waals surface area contributed by atoms with Crippen LogP contribution in [0.3, 0.4) is 0 Å². The zero-order valence-corrected chi connectivity index (χ0v) is 10.8. The van der Waals surface area contributed by atoms with Gasteiger partial charge < -0.3 is 4.74 Å². The van der Waals surface area contributed by atoms with Gasteiger partial charge in [-0.2, -0.15) is 5.26 Å². The summed E-state index contributed by atoms with van der Waals surface area (Å²) in [5.74, 6) is 1.08. The second kappa shape index (κ2) is 5.70. The van der Waals surface area contributed by atoms with Gasteiger partial charge in [0, 0.05) is 12.1 Å². The van der Waals surface area contributed by atoms with Gasteiger partial charge in [0.2, 0.25) is 0 Å². The number of non-ortho nitro benzene ring substituents is 1. The summed E-state index contributed by atoms with van der Waals surface area (Å²) in [6.07, 6.45) is 4.40. The topological polar surface area (TPSA) is 76.2 Å². The lowest BCUT2D eigenvalue weighted by atomic mass is 9.88. The number of nitriles is 1. The monoisotopic (exact) mass is 260 g/mol. The number of nitro benzene ring substituents is 1. The maximum atomic E-state index is 10.7. The highest BCUT2D eigenvalue weighted by Crippen LogP contribution is 2.30. The number of rotatable bonds is 3. The van der Waals surface area contributed by atoms with E-state index in [0.717, 1.165) is 19.3 Å². The van der Waals surface area contributed by atoms with E-state index in [9.17, 15) is 10.1 Å². The molecule has 2 unspecified atom stereocenters. The summed E-state index contributed by atoms with van der Waals surface area (Å²) >= 11 is 0. The predicted molar refractivity (Wildman–Crippen MR) is 69.9 cm³/mol. The van der Waals surface area contributed by atoms with Gasteiger partial charge in [-0.15, -0.1) is 0 Å². The van der Waals surface area contributed by atoms with Crippen molar-refractivity contribution in [3.05, 3.63) is 33.9 Å². The Bertz CT molecular complexity index is 522. The van der Waals surface area contributed by atoms with Crippen molar-refractivity contribution in [3.63, 3.8) is 0 Å². The van der Waals surface area contributed by atoms with E-state index >= 15 is 0 Å². The summed E-state index contributed by atoms with van der Waals surface area (Å²) in [6, 6.07) is 6.13. The van der Waals surface area contributed by atoms with Crippen LogP contribution in [0.5, 0.6) is 5.75 Å². The molecule has 1 aromatic carbocycles. The smallest absolute Gasteiger partial charge is 0.271 e. The molecule has 0 bridgehead atoms. The molecule has 0 aromatic heterocycles. The van der Waals surface area contributed by atoms with Crippen LogP contribution >= 0.6 is 0 Å². The van der Waals surface area contributed by atoms with Crippen LogP contribution in [0.2, 0.25) is 0 Å². The molecular formula is C14H16N2O3. The lowest BCUT2D eigenvalue weighted by molar-refractivity contribution is -0.384. The van der Waals surface area contributed by atoms with Crippen molar-refractivity contribution < 1.29 is 9.66 Å². The molecule has 100 valence electrons. The number of benzene rings is 1. The molecule has 5 heteroatoms. The van der Waals surface area contributed by atoms with Gasteiger partial charge in [-0.3, -0.25) is 10.1 Å². The Balaban J connectivity index is 2.16. The Morgan fingerprint density at radius 1 is 1.47 bits per heavy atom. The zero-order valence-electron chi connectivity index (χ0n) is 10.8. The van der Waals surface area contributed by atoms with Crippen molar-refractivity contribution in [2.24, 2.45) is 5.92 Å². The first-order valence-electron chi connectivity index (χ1n) is 6.45. The van der Waals surface area contributed by atoms with Crippen LogP contribution in [0, 0.1) is 27.4 Å². The van der Waals surface area contributed by atoms with E-state index in [1.807, 2.05) is 6.07 Å². The summed E-state index contributed by atoms with van der Waals surface area (Å²) < 4.78 is 5.84. The van der Waals surface area contributed by atoms with Crippen LogP contribution in [0.25, 0.3) is 0 Å². The van der Waals surface area contributed by atoms with E-state index in [1.165, 1.54) is 24.6 Å². The average Bonchev–Trinajstić information content (AvgIpc) is 2.39. The van der Waals surface area contributed by atoms with E-state index < -0.39 is 4.92 Å². The highest BCUT2D eigenvalue weighted by molar-refractivity contribution is 5.50. The van der Waals surface area contributed by atoms with Crippen molar-refractivity contribution in [1.29, 1.82) is 5.26 Å². The highest BCUT2D eigenvalue weighted by Gasteiger charge is 2.22. The predicted octanol–water partition coefficient (Wildman–Crippen LogP) is 3.42. The minimum absolute atomic E-state index is 0.0825. The number of nitrogens with zero attached hydrogens (tertiary/aromatic N) is 2. The summed E-state index contributed by atoms with van der Waals surface area (Å²) in [5.41, 5.74) is 0.147. The first-order chi connectivity index (χ1) is 9.10. The van der Waals surface area contributed by atoms with E-state index in [4.69, 9.17) is 10.00 Å². The zero-order chi connectivity index (χ0) is 13.8. The fourth-order valence-electron chi connectivity index (χ4n) is 2.49. The normalized spacial score (nSPS) is 22.5. The highest BCUT2D eigenvalue weighted by atomic mass is 16.6. The van der Waals surface area contributed by atoms with Crippen molar-refractivity contribution in [2.75, 3.05) is 0 Å². The fourth-order valence-corrected chi connectivity index (χ4v) is 2.49. The quantitative estimate of drug-likeness (QED) is 0.616. The maximum absolute atomic E-state index is 10.7. The second-order valence-corrected chi connectivity index (χ2v) is 5.06. The number of nitro groups is 1. The van der Waals surface area contributed by atoms with Crippen LogP contribution in [-0.4, -0.2) is 11.0 Å². The van der Waals surface area contributed by atoms with Gasteiger partial charge in [-0.1, -0.05) is 13.3 Å². The molecular weight excluding hydrogens is 244 g/mol. The van der Waals surface area contributed by atoms with E-state index in [1.54, 1.807) is 0 Å². The first-order valence-corrected chi connectivity index (χ1v) is 6.45. The van der Waals surface area contributed by atoms with Gasteiger partial charge in [0.1, 0.15) is 17.4 Å². The standard InChI is InChI=1S/C14H16N2O3/c1-10-3-2-4-13(7-10)19-14-6-5-12(16(17)18)8-11(14)9-15/h5-6,8,10,13H,2-4,7H2,1H3. The van der Waals surface area contributed by atoms with Gasteiger partial charge in [-0.05, 0) is 31.2 Å². The molecule has 0 aliphatic heterocycles. The largest absolute Gasteiger partial charge is 0.489 e. The van der Waals surface area contributed by atoms with Gasteiger partial charge in [-0.25, -0.2) is 0 Å². The van der Waals surface area contributed by atoms with Crippen LogP contribution in [0.15, 0.2) is 18.2 Å². The summed E-state index contributed by atoms with van der Waals surface area (Å²) in [4.78, 5) is 10.2. The molecule has 0 spiro atoms. The molecule has 1 aromatic rings. The first kappa shape index (κ1) is 13.3. The Kier molecular flexibility index (Phi) is 4.00. The number of hydrogen-bond donors (Lipinski definition) is 0. The number of ether oxygens (including phenoxy) is 1. The second-order valence-electron chi connectivity index (χ2n) is 5.06. The number of hydrogen-bond acceptors (Lipinski definition) is 4. The molecule has 0 saturated heterocycles. The SMILES string of the molecule is CC1CCCC(Oc2ccc([N+](=O)[O-])cc2C#N)C1. The molecule has 0 heterocycles. The van der Waals surface area contributed by atoms with Crippen molar-refractivity contribution in [3.8, 4) is 11.8 Å². The van der Waals surface area contributed by atoms with Crippen molar-refractivity contribution >= 4 is 5.69 Å². The molecule has 2 atom stereocenters.